The third-order valence-electron chi connectivity index (χ3n) is 4.95. The zero-order valence-electron chi connectivity index (χ0n) is 14.6. The zero-order valence-corrected chi connectivity index (χ0v) is 14.6. The van der Waals surface area contributed by atoms with Crippen LogP contribution in [0.15, 0.2) is 24.3 Å². The van der Waals surface area contributed by atoms with Gasteiger partial charge in [0.25, 0.3) is 5.91 Å². The minimum absolute atomic E-state index is 0.0346. The molecule has 6 nitrogen and oxygen atoms in total. The summed E-state index contributed by atoms with van der Waals surface area (Å²) in [6, 6.07) is 7.21. The zero-order chi connectivity index (χ0) is 17.3. The van der Waals surface area contributed by atoms with Crippen LogP contribution < -0.4 is 4.74 Å². The fourth-order valence-electron chi connectivity index (χ4n) is 3.29. The van der Waals surface area contributed by atoms with Crippen molar-refractivity contribution in [1.29, 1.82) is 0 Å². The van der Waals surface area contributed by atoms with Crippen molar-refractivity contribution in [3.8, 4) is 5.75 Å². The van der Waals surface area contributed by atoms with Crippen LogP contribution in [0.3, 0.4) is 0 Å². The van der Waals surface area contributed by atoms with Crippen molar-refractivity contribution in [1.82, 2.24) is 14.7 Å². The van der Waals surface area contributed by atoms with Gasteiger partial charge in [-0.2, -0.15) is 0 Å². The second kappa shape index (κ2) is 6.43. The van der Waals surface area contributed by atoms with Crippen LogP contribution in [-0.4, -0.2) is 72.0 Å². The number of benzene rings is 1. The number of hydrogen-bond acceptors (Lipinski definition) is 4. The average molecular weight is 331 g/mol. The Bertz CT molecular complexity index is 619. The number of hydrogen-bond donors (Lipinski definition) is 0. The Hall–Kier alpha value is -2.08. The summed E-state index contributed by atoms with van der Waals surface area (Å²) in [6.07, 6.45) is 0.628. The molecule has 24 heavy (non-hydrogen) atoms. The van der Waals surface area contributed by atoms with E-state index in [0.29, 0.717) is 31.7 Å². The van der Waals surface area contributed by atoms with Gasteiger partial charge in [-0.25, -0.2) is 0 Å². The van der Waals surface area contributed by atoms with Crippen LogP contribution in [0.25, 0.3) is 0 Å². The van der Waals surface area contributed by atoms with Gasteiger partial charge in [0.1, 0.15) is 5.75 Å². The lowest BCUT2D eigenvalue weighted by atomic mass is 9.89. The molecule has 2 aliphatic heterocycles. The Morgan fingerprint density at radius 3 is 2.25 bits per heavy atom. The van der Waals surface area contributed by atoms with Gasteiger partial charge in [0.15, 0.2) is 0 Å². The van der Waals surface area contributed by atoms with Crippen molar-refractivity contribution >= 4 is 11.8 Å². The van der Waals surface area contributed by atoms with Gasteiger partial charge in [-0.1, -0.05) is 0 Å². The second-order valence-corrected chi connectivity index (χ2v) is 7.09. The molecule has 0 N–H and O–H groups in total. The SMILES string of the molecule is COc1ccc(C(=O)N2CCN(CN3C(=O)CC3(C)C)CC2)cc1. The minimum atomic E-state index is -0.0346. The van der Waals surface area contributed by atoms with Gasteiger partial charge in [-0.15, -0.1) is 0 Å². The normalized spacial score (nSPS) is 20.7. The summed E-state index contributed by atoms with van der Waals surface area (Å²) in [5.41, 5.74) is 0.649. The van der Waals surface area contributed by atoms with Crippen LogP contribution in [-0.2, 0) is 4.79 Å². The monoisotopic (exact) mass is 331 g/mol. The van der Waals surface area contributed by atoms with Gasteiger partial charge in [-0.3, -0.25) is 14.5 Å². The first-order chi connectivity index (χ1) is 11.4. The van der Waals surface area contributed by atoms with E-state index in [2.05, 4.69) is 18.7 Å². The molecule has 6 heteroatoms. The van der Waals surface area contributed by atoms with E-state index in [-0.39, 0.29) is 17.4 Å². The molecule has 0 bridgehead atoms. The molecule has 130 valence electrons. The van der Waals surface area contributed by atoms with E-state index in [4.69, 9.17) is 4.74 Å². The van der Waals surface area contributed by atoms with E-state index >= 15 is 0 Å². The Kier molecular flexibility index (Phi) is 4.49. The number of carbonyl (C=O) groups is 2. The number of piperazine rings is 1. The molecule has 2 aliphatic rings. The number of carbonyl (C=O) groups excluding carboxylic acids is 2. The molecule has 1 aromatic rings. The Morgan fingerprint density at radius 1 is 1.12 bits per heavy atom. The molecule has 2 fully saturated rings. The standard InChI is InChI=1S/C18H25N3O3/c1-18(2)12-16(22)21(18)13-19-8-10-20(11-9-19)17(23)14-4-6-15(24-3)7-5-14/h4-7H,8-13H2,1-3H3. The van der Waals surface area contributed by atoms with Gasteiger partial charge in [-0.05, 0) is 38.1 Å². The van der Waals surface area contributed by atoms with E-state index in [1.165, 1.54) is 0 Å². The number of amides is 2. The number of methoxy groups -OCH3 is 1. The van der Waals surface area contributed by atoms with Crippen molar-refractivity contribution < 1.29 is 14.3 Å². The summed E-state index contributed by atoms with van der Waals surface area (Å²) >= 11 is 0. The van der Waals surface area contributed by atoms with Crippen molar-refractivity contribution in [3.05, 3.63) is 29.8 Å². The van der Waals surface area contributed by atoms with Crippen LogP contribution in [0.2, 0.25) is 0 Å². The van der Waals surface area contributed by atoms with Gasteiger partial charge in [0.2, 0.25) is 5.91 Å². The van der Waals surface area contributed by atoms with Crippen LogP contribution in [0.4, 0.5) is 0 Å². The Labute approximate surface area is 143 Å². The molecule has 3 rings (SSSR count). The number of nitrogens with zero attached hydrogens (tertiary/aromatic N) is 3. The van der Waals surface area contributed by atoms with E-state index < -0.39 is 0 Å². The highest BCUT2D eigenvalue weighted by atomic mass is 16.5. The van der Waals surface area contributed by atoms with E-state index in [1.54, 1.807) is 31.4 Å². The number of rotatable bonds is 4. The van der Waals surface area contributed by atoms with Gasteiger partial charge < -0.3 is 14.5 Å². The van der Waals surface area contributed by atoms with Gasteiger partial charge >= 0.3 is 0 Å². The smallest absolute Gasteiger partial charge is 0.253 e. The lowest BCUT2D eigenvalue weighted by Crippen LogP contribution is -2.64. The lowest BCUT2D eigenvalue weighted by molar-refractivity contribution is -0.158. The van der Waals surface area contributed by atoms with Crippen molar-refractivity contribution in [2.75, 3.05) is 40.0 Å². The van der Waals surface area contributed by atoms with Crippen LogP contribution in [0, 0.1) is 0 Å². The van der Waals surface area contributed by atoms with Crippen molar-refractivity contribution in [2.45, 2.75) is 25.8 Å². The van der Waals surface area contributed by atoms with Crippen molar-refractivity contribution in [3.63, 3.8) is 0 Å². The van der Waals surface area contributed by atoms with Crippen LogP contribution in [0.5, 0.6) is 5.75 Å². The summed E-state index contributed by atoms with van der Waals surface area (Å²) < 4.78 is 5.12. The Morgan fingerprint density at radius 2 is 1.75 bits per heavy atom. The average Bonchev–Trinajstić information content (AvgIpc) is 2.59. The summed E-state index contributed by atoms with van der Waals surface area (Å²) in [6.45, 7) is 7.82. The number of β-lactam (4-membered cyclic amide) rings is 1. The van der Waals surface area contributed by atoms with E-state index in [9.17, 15) is 9.59 Å². The molecule has 0 unspecified atom stereocenters. The minimum Gasteiger partial charge on any atom is -0.497 e. The fraction of sp³-hybridized carbons (Fsp3) is 0.556. The molecular weight excluding hydrogens is 306 g/mol. The Balaban J connectivity index is 1.53. The molecule has 1 aromatic carbocycles. The first-order valence-electron chi connectivity index (χ1n) is 8.37. The largest absolute Gasteiger partial charge is 0.497 e. The highest BCUT2D eigenvalue weighted by Gasteiger charge is 2.43. The van der Waals surface area contributed by atoms with Gasteiger partial charge in [0.05, 0.1) is 13.8 Å². The molecule has 0 atom stereocenters. The van der Waals surface area contributed by atoms with E-state index in [1.807, 2.05) is 9.80 Å². The predicted octanol–water partition coefficient (Wildman–Crippen LogP) is 1.42. The third kappa shape index (κ3) is 3.24. The summed E-state index contributed by atoms with van der Waals surface area (Å²) in [4.78, 5) is 30.4. The highest BCUT2D eigenvalue weighted by molar-refractivity contribution is 5.94. The maximum Gasteiger partial charge on any atom is 0.253 e. The molecule has 2 heterocycles. The quantitative estimate of drug-likeness (QED) is 0.783. The molecule has 0 saturated carbocycles. The molecule has 0 aliphatic carbocycles. The molecule has 2 amide bonds. The lowest BCUT2D eigenvalue weighted by Gasteiger charge is -2.50. The molecular formula is C18H25N3O3. The first-order valence-corrected chi connectivity index (χ1v) is 8.37. The summed E-state index contributed by atoms with van der Waals surface area (Å²) in [7, 11) is 1.61. The molecule has 2 saturated heterocycles. The molecule has 0 spiro atoms. The predicted molar refractivity (Wildman–Crippen MR) is 90.9 cm³/mol. The number of ether oxygens (including phenoxy) is 1. The highest BCUT2D eigenvalue weighted by Crippen LogP contribution is 2.31. The van der Waals surface area contributed by atoms with Crippen molar-refractivity contribution in [2.24, 2.45) is 0 Å². The van der Waals surface area contributed by atoms with E-state index in [0.717, 1.165) is 18.8 Å². The second-order valence-electron chi connectivity index (χ2n) is 7.09. The van der Waals surface area contributed by atoms with Crippen LogP contribution in [0.1, 0.15) is 30.6 Å². The number of likely N-dealkylation sites (tertiary alicyclic amines) is 1. The maximum atomic E-state index is 12.6. The fourth-order valence-corrected chi connectivity index (χ4v) is 3.29. The molecule has 0 aromatic heterocycles. The summed E-state index contributed by atoms with van der Waals surface area (Å²) in [5.74, 6) is 1.02. The third-order valence-corrected chi connectivity index (χ3v) is 4.95. The van der Waals surface area contributed by atoms with Crippen LogP contribution >= 0.6 is 0 Å². The molecule has 0 radical (unpaired) electrons. The van der Waals surface area contributed by atoms with Gasteiger partial charge in [0, 0.05) is 43.7 Å². The first kappa shape index (κ1) is 16.8. The topological polar surface area (TPSA) is 53.1 Å². The summed E-state index contributed by atoms with van der Waals surface area (Å²) in [5, 5.41) is 0. The maximum absolute atomic E-state index is 12.6.